The van der Waals surface area contributed by atoms with Crippen LogP contribution in [-0.4, -0.2) is 46.2 Å². The molecular formula is C12H17NO4. The van der Waals surface area contributed by atoms with Gasteiger partial charge in [0.15, 0.2) is 6.04 Å². The maximum atomic E-state index is 12.0. The average Bonchev–Trinajstić information content (AvgIpc) is 2.72. The zero-order valence-electron chi connectivity index (χ0n) is 9.89. The van der Waals surface area contributed by atoms with Gasteiger partial charge in [0.2, 0.25) is 5.91 Å². The third kappa shape index (κ3) is 1.23. The van der Waals surface area contributed by atoms with Crippen molar-refractivity contribution in [3.63, 3.8) is 0 Å². The van der Waals surface area contributed by atoms with E-state index in [2.05, 4.69) is 0 Å². The summed E-state index contributed by atoms with van der Waals surface area (Å²) in [5, 5.41) is 10.7. The number of amides is 1. The lowest BCUT2D eigenvalue weighted by Crippen LogP contribution is -2.58. The molecule has 2 aliphatic heterocycles. The van der Waals surface area contributed by atoms with Crippen LogP contribution in [0.25, 0.3) is 0 Å². The standard InChI is InChI=1S/C12H17NO4/c1-2-17-11(15)10-12(16)5-3-4-7(12)8-6-9(14)13(8)10/h7-8,10,16H,2-6H2,1H3. The van der Waals surface area contributed by atoms with Crippen molar-refractivity contribution in [1.82, 2.24) is 4.90 Å². The monoisotopic (exact) mass is 239 g/mol. The fourth-order valence-corrected chi connectivity index (χ4v) is 3.81. The van der Waals surface area contributed by atoms with Crippen LogP contribution in [-0.2, 0) is 14.3 Å². The van der Waals surface area contributed by atoms with E-state index in [1.165, 1.54) is 0 Å². The number of carbonyl (C=O) groups is 2. The van der Waals surface area contributed by atoms with E-state index in [0.29, 0.717) is 12.8 Å². The van der Waals surface area contributed by atoms with Gasteiger partial charge in [0.1, 0.15) is 5.60 Å². The summed E-state index contributed by atoms with van der Waals surface area (Å²) in [6.45, 7) is 2.02. The molecule has 0 aromatic carbocycles. The van der Waals surface area contributed by atoms with Crippen LogP contribution >= 0.6 is 0 Å². The maximum absolute atomic E-state index is 12.0. The lowest BCUT2D eigenvalue weighted by molar-refractivity contribution is -0.166. The summed E-state index contributed by atoms with van der Waals surface area (Å²) >= 11 is 0. The smallest absolute Gasteiger partial charge is 0.331 e. The molecule has 1 amide bonds. The number of nitrogens with zero attached hydrogens (tertiary/aromatic N) is 1. The average molecular weight is 239 g/mol. The Morgan fingerprint density at radius 2 is 2.41 bits per heavy atom. The number of β-lactam (4-membered cyclic amide) rings is 1. The Bertz CT molecular complexity index is 383. The summed E-state index contributed by atoms with van der Waals surface area (Å²) in [5.74, 6) is -0.414. The second kappa shape index (κ2) is 3.45. The van der Waals surface area contributed by atoms with Crippen molar-refractivity contribution >= 4 is 11.9 Å². The van der Waals surface area contributed by atoms with Crippen LogP contribution in [0.15, 0.2) is 0 Å². The molecule has 3 aliphatic rings. The van der Waals surface area contributed by atoms with E-state index in [4.69, 9.17) is 4.74 Å². The predicted octanol–water partition coefficient (Wildman–Crippen LogP) is 0.0638. The minimum atomic E-state index is -1.04. The van der Waals surface area contributed by atoms with E-state index in [1.807, 2.05) is 0 Å². The molecule has 17 heavy (non-hydrogen) atoms. The number of aliphatic hydroxyl groups is 1. The molecule has 3 fully saturated rings. The van der Waals surface area contributed by atoms with Crippen molar-refractivity contribution in [3.8, 4) is 0 Å². The van der Waals surface area contributed by atoms with Gasteiger partial charge in [0.05, 0.1) is 6.61 Å². The number of hydrogen-bond donors (Lipinski definition) is 1. The molecule has 1 aliphatic carbocycles. The van der Waals surface area contributed by atoms with Gasteiger partial charge in [-0.3, -0.25) is 4.79 Å². The van der Waals surface area contributed by atoms with Crippen LogP contribution in [0.1, 0.15) is 32.6 Å². The van der Waals surface area contributed by atoms with Crippen LogP contribution in [0.2, 0.25) is 0 Å². The summed E-state index contributed by atoms with van der Waals surface area (Å²) in [5.41, 5.74) is -1.04. The van der Waals surface area contributed by atoms with Gasteiger partial charge in [-0.25, -0.2) is 4.79 Å². The largest absolute Gasteiger partial charge is 0.464 e. The minimum absolute atomic E-state index is 0.0316. The molecule has 1 saturated carbocycles. The van der Waals surface area contributed by atoms with Crippen molar-refractivity contribution in [3.05, 3.63) is 0 Å². The molecule has 0 radical (unpaired) electrons. The second-order valence-electron chi connectivity index (χ2n) is 5.22. The molecule has 3 rings (SSSR count). The van der Waals surface area contributed by atoms with Gasteiger partial charge in [0, 0.05) is 18.4 Å². The number of rotatable bonds is 2. The quantitative estimate of drug-likeness (QED) is 0.547. The van der Waals surface area contributed by atoms with Gasteiger partial charge in [-0.05, 0) is 19.8 Å². The van der Waals surface area contributed by atoms with Gasteiger partial charge in [-0.2, -0.15) is 0 Å². The Morgan fingerprint density at radius 1 is 1.65 bits per heavy atom. The summed E-state index contributed by atoms with van der Waals surface area (Å²) in [7, 11) is 0. The number of fused-ring (bicyclic) bond motifs is 3. The molecule has 0 spiro atoms. The fourth-order valence-electron chi connectivity index (χ4n) is 3.81. The van der Waals surface area contributed by atoms with Gasteiger partial charge < -0.3 is 14.7 Å². The number of carbonyl (C=O) groups excluding carboxylic acids is 2. The number of hydrogen-bond acceptors (Lipinski definition) is 4. The molecule has 0 bridgehead atoms. The van der Waals surface area contributed by atoms with Gasteiger partial charge in [0.25, 0.3) is 0 Å². The highest BCUT2D eigenvalue weighted by Gasteiger charge is 2.68. The molecule has 0 aromatic rings. The highest BCUT2D eigenvalue weighted by atomic mass is 16.5. The minimum Gasteiger partial charge on any atom is -0.464 e. The Kier molecular flexibility index (Phi) is 2.23. The van der Waals surface area contributed by atoms with Crippen molar-refractivity contribution in [2.24, 2.45) is 5.92 Å². The zero-order chi connectivity index (χ0) is 12.2. The van der Waals surface area contributed by atoms with Crippen molar-refractivity contribution in [2.75, 3.05) is 6.61 Å². The summed E-state index contributed by atoms with van der Waals surface area (Å²) < 4.78 is 5.01. The number of ether oxygens (including phenoxy) is 1. The first kappa shape index (κ1) is 11.0. The lowest BCUT2D eigenvalue weighted by Gasteiger charge is -2.39. The van der Waals surface area contributed by atoms with E-state index < -0.39 is 17.6 Å². The van der Waals surface area contributed by atoms with Crippen LogP contribution in [0.4, 0.5) is 0 Å². The highest BCUT2D eigenvalue weighted by molar-refractivity contribution is 5.91. The molecule has 5 nitrogen and oxygen atoms in total. The van der Waals surface area contributed by atoms with Crippen LogP contribution < -0.4 is 0 Å². The molecule has 2 saturated heterocycles. The van der Waals surface area contributed by atoms with E-state index >= 15 is 0 Å². The third-order valence-corrected chi connectivity index (χ3v) is 4.49. The highest BCUT2D eigenvalue weighted by Crippen LogP contribution is 2.54. The predicted molar refractivity (Wildman–Crippen MR) is 58.0 cm³/mol. The normalized spacial score (nSPS) is 43.1. The molecule has 94 valence electrons. The second-order valence-corrected chi connectivity index (χ2v) is 5.22. The Labute approximate surface area is 99.7 Å². The van der Waals surface area contributed by atoms with E-state index in [-0.39, 0.29) is 24.5 Å². The molecule has 0 aromatic heterocycles. The molecular weight excluding hydrogens is 222 g/mol. The molecule has 4 atom stereocenters. The third-order valence-electron chi connectivity index (χ3n) is 4.49. The first-order valence-corrected chi connectivity index (χ1v) is 6.29. The van der Waals surface area contributed by atoms with Gasteiger partial charge in [-0.1, -0.05) is 6.42 Å². The topological polar surface area (TPSA) is 66.8 Å². The summed E-state index contributed by atoms with van der Waals surface area (Å²) in [4.78, 5) is 25.1. The lowest BCUT2D eigenvalue weighted by atomic mass is 9.84. The van der Waals surface area contributed by atoms with Crippen molar-refractivity contribution < 1.29 is 19.4 Å². The Balaban J connectivity index is 1.93. The fraction of sp³-hybridized carbons (Fsp3) is 0.833. The van der Waals surface area contributed by atoms with Crippen molar-refractivity contribution in [2.45, 2.75) is 50.3 Å². The van der Waals surface area contributed by atoms with E-state index in [0.717, 1.165) is 12.8 Å². The first-order valence-electron chi connectivity index (χ1n) is 6.29. The molecule has 5 heteroatoms. The SMILES string of the molecule is CCOC(=O)C1N2C(=O)CC2C2CCCC21O. The van der Waals surface area contributed by atoms with Crippen LogP contribution in [0, 0.1) is 5.92 Å². The first-order chi connectivity index (χ1) is 8.09. The molecule has 1 N–H and O–H groups in total. The summed E-state index contributed by atoms with van der Waals surface area (Å²) in [6, 6.07) is -0.703. The summed E-state index contributed by atoms with van der Waals surface area (Å²) in [6.07, 6.45) is 2.90. The van der Waals surface area contributed by atoms with E-state index in [1.54, 1.807) is 11.8 Å². The van der Waals surface area contributed by atoms with Crippen molar-refractivity contribution in [1.29, 1.82) is 0 Å². The number of esters is 1. The molecule has 2 heterocycles. The Morgan fingerprint density at radius 3 is 3.06 bits per heavy atom. The van der Waals surface area contributed by atoms with Gasteiger partial charge in [-0.15, -0.1) is 0 Å². The van der Waals surface area contributed by atoms with Crippen LogP contribution in [0.3, 0.4) is 0 Å². The van der Waals surface area contributed by atoms with E-state index in [9.17, 15) is 14.7 Å². The zero-order valence-corrected chi connectivity index (χ0v) is 9.89. The van der Waals surface area contributed by atoms with Crippen LogP contribution in [0.5, 0.6) is 0 Å². The maximum Gasteiger partial charge on any atom is 0.331 e. The molecule has 4 unspecified atom stereocenters. The van der Waals surface area contributed by atoms with Gasteiger partial charge >= 0.3 is 5.97 Å². The Hall–Kier alpha value is -1.10.